The lowest BCUT2D eigenvalue weighted by Gasteiger charge is -2.15. The fraction of sp³-hybridized carbons (Fsp3) is 0.120. The molecule has 0 saturated carbocycles. The predicted octanol–water partition coefficient (Wildman–Crippen LogP) is 7.76. The Kier molecular flexibility index (Phi) is 8.11. The van der Waals surface area contributed by atoms with Crippen LogP contribution in [0.1, 0.15) is 18.1 Å². The van der Waals surface area contributed by atoms with E-state index in [2.05, 4.69) is 15.9 Å². The van der Waals surface area contributed by atoms with Gasteiger partial charge in [-0.05, 0) is 82.5 Å². The fourth-order valence-corrected chi connectivity index (χ4v) is 5.32. The van der Waals surface area contributed by atoms with E-state index >= 15 is 0 Å². The van der Waals surface area contributed by atoms with E-state index in [9.17, 15) is 13.6 Å². The summed E-state index contributed by atoms with van der Waals surface area (Å²) in [6, 6.07) is 13.6. The van der Waals surface area contributed by atoms with Gasteiger partial charge in [-0.15, -0.1) is 0 Å². The molecule has 35 heavy (non-hydrogen) atoms. The summed E-state index contributed by atoms with van der Waals surface area (Å²) in [5.74, 6) is -0.264. The van der Waals surface area contributed by atoms with Gasteiger partial charge in [-0.2, -0.15) is 0 Å². The van der Waals surface area contributed by atoms with Crippen LogP contribution in [0.5, 0.6) is 11.5 Å². The number of halogens is 4. The summed E-state index contributed by atoms with van der Waals surface area (Å²) < 4.78 is 39.4. The molecule has 0 spiro atoms. The number of nitrogens with zero attached hydrogens (tertiary/aromatic N) is 1. The third-order valence-electron chi connectivity index (χ3n) is 4.88. The van der Waals surface area contributed by atoms with Crippen molar-refractivity contribution < 1.29 is 23.0 Å². The first-order valence-electron chi connectivity index (χ1n) is 10.3. The predicted molar refractivity (Wildman–Crippen MR) is 143 cm³/mol. The van der Waals surface area contributed by atoms with Crippen LogP contribution in [0.15, 0.2) is 64.0 Å². The second-order valence-corrected chi connectivity index (χ2v) is 10.2. The van der Waals surface area contributed by atoms with E-state index in [1.807, 2.05) is 6.92 Å². The Hall–Kier alpha value is -2.46. The molecule has 1 saturated heterocycles. The van der Waals surface area contributed by atoms with Crippen molar-refractivity contribution in [2.75, 3.05) is 11.5 Å². The maximum absolute atomic E-state index is 13.6. The van der Waals surface area contributed by atoms with Gasteiger partial charge in [0.05, 0.1) is 26.7 Å². The number of carbonyl (C=O) groups is 1. The zero-order chi connectivity index (χ0) is 25.1. The van der Waals surface area contributed by atoms with Gasteiger partial charge in [-0.25, -0.2) is 8.78 Å². The zero-order valence-corrected chi connectivity index (χ0v) is 22.2. The molecule has 0 atom stereocenters. The maximum atomic E-state index is 13.6. The number of ether oxygens (including phenoxy) is 2. The highest BCUT2D eigenvalue weighted by atomic mass is 79.9. The molecule has 1 fully saturated rings. The molecule has 0 bridgehead atoms. The average molecular weight is 597 g/mol. The van der Waals surface area contributed by atoms with Gasteiger partial charge in [0.25, 0.3) is 5.91 Å². The zero-order valence-electron chi connectivity index (χ0n) is 18.2. The molecular weight excluding hydrogens is 580 g/mol. The highest BCUT2D eigenvalue weighted by molar-refractivity contribution is 9.10. The van der Waals surface area contributed by atoms with Crippen molar-refractivity contribution in [2.45, 2.75) is 13.5 Å². The van der Waals surface area contributed by atoms with Crippen LogP contribution < -0.4 is 14.4 Å². The van der Waals surface area contributed by atoms with Crippen LogP contribution in [0.3, 0.4) is 0 Å². The van der Waals surface area contributed by atoms with E-state index in [1.165, 1.54) is 35.2 Å². The number of amides is 1. The van der Waals surface area contributed by atoms with Crippen molar-refractivity contribution in [1.82, 2.24) is 0 Å². The normalized spacial score (nSPS) is 14.7. The van der Waals surface area contributed by atoms with Gasteiger partial charge in [-0.1, -0.05) is 47.7 Å². The Morgan fingerprint density at radius 3 is 2.54 bits per heavy atom. The maximum Gasteiger partial charge on any atom is 0.270 e. The second-order valence-electron chi connectivity index (χ2n) is 7.29. The number of carbonyl (C=O) groups excluding carboxylic acids is 1. The molecule has 0 unspecified atom stereocenters. The Morgan fingerprint density at radius 2 is 1.86 bits per heavy atom. The van der Waals surface area contributed by atoms with Crippen molar-refractivity contribution >= 4 is 73.5 Å². The first kappa shape index (κ1) is 25.6. The largest absolute Gasteiger partial charge is 0.490 e. The van der Waals surface area contributed by atoms with Gasteiger partial charge in [0, 0.05) is 0 Å². The first-order valence-corrected chi connectivity index (χ1v) is 12.7. The van der Waals surface area contributed by atoms with Crippen LogP contribution >= 0.6 is 51.5 Å². The molecule has 1 heterocycles. The van der Waals surface area contributed by atoms with Crippen LogP contribution in [-0.4, -0.2) is 16.8 Å². The van der Waals surface area contributed by atoms with Crippen molar-refractivity contribution in [2.24, 2.45) is 0 Å². The van der Waals surface area contributed by atoms with Crippen LogP contribution in [0.25, 0.3) is 6.08 Å². The lowest BCUT2D eigenvalue weighted by molar-refractivity contribution is -0.113. The number of thiocarbonyl (C=S) groups is 1. The number of hydrogen-bond acceptors (Lipinski definition) is 5. The fourth-order valence-electron chi connectivity index (χ4n) is 3.28. The van der Waals surface area contributed by atoms with Crippen molar-refractivity contribution in [3.63, 3.8) is 0 Å². The number of hydrogen-bond donors (Lipinski definition) is 0. The molecule has 1 aliphatic rings. The highest BCUT2D eigenvalue weighted by Gasteiger charge is 2.33. The highest BCUT2D eigenvalue weighted by Crippen LogP contribution is 2.41. The lowest BCUT2D eigenvalue weighted by Crippen LogP contribution is -2.27. The molecule has 0 radical (unpaired) electrons. The molecule has 0 aromatic heterocycles. The van der Waals surface area contributed by atoms with Gasteiger partial charge in [0.2, 0.25) is 0 Å². The van der Waals surface area contributed by atoms with E-state index in [-0.39, 0.29) is 23.4 Å². The summed E-state index contributed by atoms with van der Waals surface area (Å²) in [4.78, 5) is 14.8. The summed E-state index contributed by atoms with van der Waals surface area (Å²) in [5, 5.41) is -0.0953. The van der Waals surface area contributed by atoms with Crippen molar-refractivity contribution in [1.29, 1.82) is 0 Å². The molecule has 4 nitrogen and oxygen atoms in total. The molecule has 10 heteroatoms. The molecule has 3 aromatic carbocycles. The minimum absolute atomic E-state index is 0.0953. The summed E-state index contributed by atoms with van der Waals surface area (Å²) >= 11 is 15.9. The average Bonchev–Trinajstić information content (AvgIpc) is 3.09. The van der Waals surface area contributed by atoms with Gasteiger partial charge in [0.15, 0.2) is 15.8 Å². The Labute approximate surface area is 224 Å². The minimum Gasteiger partial charge on any atom is -0.490 e. The van der Waals surface area contributed by atoms with Crippen molar-refractivity contribution in [3.8, 4) is 11.5 Å². The van der Waals surface area contributed by atoms with Gasteiger partial charge in [-0.3, -0.25) is 9.69 Å². The number of benzene rings is 3. The van der Waals surface area contributed by atoms with E-state index < -0.39 is 5.82 Å². The van der Waals surface area contributed by atoms with Crippen LogP contribution in [0.4, 0.5) is 14.5 Å². The standard InChI is InChI=1S/C25H17BrClF2NO3S2/c1-2-32-21-10-15(9-18(26)23(21)33-13-14-3-5-16(28)6-4-14)11-22-24(31)30(25(34)35-22)17-7-8-20(29)19(27)12-17/h3-12H,2,13H2,1H3. The Balaban J connectivity index is 1.60. The third kappa shape index (κ3) is 5.86. The molecule has 3 aromatic rings. The summed E-state index contributed by atoms with van der Waals surface area (Å²) in [5.41, 5.74) is 1.88. The van der Waals surface area contributed by atoms with Gasteiger partial charge >= 0.3 is 0 Å². The molecule has 180 valence electrons. The molecule has 1 aliphatic heterocycles. The van der Waals surface area contributed by atoms with Gasteiger partial charge < -0.3 is 9.47 Å². The third-order valence-corrected chi connectivity index (χ3v) is 7.06. The van der Waals surface area contributed by atoms with E-state index in [1.54, 1.807) is 30.3 Å². The summed E-state index contributed by atoms with van der Waals surface area (Å²) in [7, 11) is 0. The topological polar surface area (TPSA) is 38.8 Å². The monoisotopic (exact) mass is 595 g/mol. The molecule has 1 amide bonds. The summed E-state index contributed by atoms with van der Waals surface area (Å²) in [6.07, 6.45) is 1.70. The Morgan fingerprint density at radius 1 is 1.11 bits per heavy atom. The van der Waals surface area contributed by atoms with Gasteiger partial charge in [0.1, 0.15) is 18.2 Å². The molecule has 0 aliphatic carbocycles. The summed E-state index contributed by atoms with van der Waals surface area (Å²) in [6.45, 7) is 2.47. The van der Waals surface area contributed by atoms with Crippen LogP contribution in [-0.2, 0) is 11.4 Å². The quantitative estimate of drug-likeness (QED) is 0.206. The number of rotatable bonds is 7. The van der Waals surface area contributed by atoms with E-state index in [0.717, 1.165) is 17.3 Å². The molecule has 4 rings (SSSR count). The number of thioether (sulfide) groups is 1. The van der Waals surface area contributed by atoms with E-state index in [0.29, 0.717) is 43.1 Å². The first-order chi connectivity index (χ1) is 16.8. The Bertz CT molecular complexity index is 1340. The van der Waals surface area contributed by atoms with Crippen LogP contribution in [0.2, 0.25) is 5.02 Å². The second kappa shape index (κ2) is 11.1. The minimum atomic E-state index is -0.577. The smallest absolute Gasteiger partial charge is 0.270 e. The lowest BCUT2D eigenvalue weighted by atomic mass is 10.1. The van der Waals surface area contributed by atoms with Crippen LogP contribution in [0, 0.1) is 11.6 Å². The molecule has 0 N–H and O–H groups in total. The SMILES string of the molecule is CCOc1cc(C=C2SC(=S)N(c3ccc(F)c(Cl)c3)C2=O)cc(Br)c1OCc1ccc(F)cc1. The number of anilines is 1. The van der Waals surface area contributed by atoms with Crippen molar-refractivity contribution in [3.05, 3.63) is 91.8 Å². The molecular formula is C25H17BrClF2NO3S2. The van der Waals surface area contributed by atoms with E-state index in [4.69, 9.17) is 33.3 Å².